The first kappa shape index (κ1) is 23.1. The fourth-order valence-corrected chi connectivity index (χ4v) is 5.52. The fraction of sp³-hybridized carbons (Fsp3) is 0.500. The van der Waals surface area contributed by atoms with E-state index in [1.54, 1.807) is 12.1 Å². The van der Waals surface area contributed by atoms with Crippen molar-refractivity contribution >= 4 is 21.8 Å². The smallest absolute Gasteiger partial charge is 0.244 e. The van der Waals surface area contributed by atoms with Crippen LogP contribution in [0.5, 0.6) is 5.75 Å². The molecule has 1 unspecified atom stereocenters. The molecule has 3 rings (SSSR count). The lowest BCUT2D eigenvalue weighted by Crippen LogP contribution is -2.27. The molecule has 1 aliphatic rings. The molecule has 0 spiro atoms. The highest BCUT2D eigenvalue weighted by molar-refractivity contribution is 7.99. The number of aliphatic hydroxyl groups excluding tert-OH is 1. The van der Waals surface area contributed by atoms with Crippen LogP contribution in [-0.2, 0) is 15.4 Å². The van der Waals surface area contributed by atoms with Crippen LogP contribution in [0.4, 0.5) is 0 Å². The van der Waals surface area contributed by atoms with Gasteiger partial charge in [-0.25, -0.2) is 13.4 Å². The maximum atomic E-state index is 12.6. The minimum Gasteiger partial charge on any atom is -0.491 e. The summed E-state index contributed by atoms with van der Waals surface area (Å²) in [6.07, 6.45) is 2.54. The van der Waals surface area contributed by atoms with E-state index < -0.39 is 16.1 Å². The summed E-state index contributed by atoms with van der Waals surface area (Å²) >= 11 is 1.38. The lowest BCUT2D eigenvalue weighted by Gasteiger charge is -2.23. The van der Waals surface area contributed by atoms with Crippen molar-refractivity contribution in [3.05, 3.63) is 48.2 Å². The zero-order chi connectivity index (χ0) is 21.8. The zero-order valence-corrected chi connectivity index (χ0v) is 19.4. The molecule has 8 heteroatoms. The number of nitrogens with zero attached hydrogens (tertiary/aromatic N) is 2. The summed E-state index contributed by atoms with van der Waals surface area (Å²) in [6.45, 7) is 7.70. The summed E-state index contributed by atoms with van der Waals surface area (Å²) < 4.78 is 32.5. The van der Waals surface area contributed by atoms with Gasteiger partial charge in [0.15, 0.2) is 0 Å². The van der Waals surface area contributed by atoms with E-state index in [4.69, 9.17) is 4.74 Å². The number of pyridine rings is 1. The minimum absolute atomic E-state index is 0.0443. The summed E-state index contributed by atoms with van der Waals surface area (Å²) in [5.41, 5.74) is 1.05. The Labute approximate surface area is 183 Å². The average molecular weight is 451 g/mol. The largest absolute Gasteiger partial charge is 0.491 e. The van der Waals surface area contributed by atoms with Crippen molar-refractivity contribution in [1.82, 2.24) is 9.29 Å². The van der Waals surface area contributed by atoms with Crippen molar-refractivity contribution in [2.24, 2.45) is 0 Å². The molecule has 1 aliphatic heterocycles. The number of thioether (sulfide) groups is 1. The summed E-state index contributed by atoms with van der Waals surface area (Å²) in [7, 11) is -3.45. The van der Waals surface area contributed by atoms with Crippen molar-refractivity contribution < 1.29 is 18.3 Å². The van der Waals surface area contributed by atoms with Crippen molar-refractivity contribution in [1.29, 1.82) is 0 Å². The second-order valence-corrected chi connectivity index (χ2v) is 11.4. The predicted octanol–water partition coefficient (Wildman–Crippen LogP) is 3.70. The van der Waals surface area contributed by atoms with Crippen LogP contribution in [-0.4, -0.2) is 54.4 Å². The Morgan fingerprint density at radius 1 is 1.17 bits per heavy atom. The number of sulfonamides is 1. The quantitative estimate of drug-likeness (QED) is 0.618. The predicted molar refractivity (Wildman–Crippen MR) is 120 cm³/mol. The van der Waals surface area contributed by atoms with Crippen LogP contribution in [0.25, 0.3) is 0 Å². The first-order chi connectivity index (χ1) is 14.2. The van der Waals surface area contributed by atoms with E-state index in [0.29, 0.717) is 23.9 Å². The Balaban J connectivity index is 1.52. The normalized spacial score (nSPS) is 16.5. The van der Waals surface area contributed by atoms with Crippen LogP contribution in [0.2, 0.25) is 0 Å². The molecule has 1 saturated heterocycles. The maximum absolute atomic E-state index is 12.6. The summed E-state index contributed by atoms with van der Waals surface area (Å²) in [4.78, 5) is 4.48. The van der Waals surface area contributed by atoms with E-state index in [9.17, 15) is 13.5 Å². The first-order valence-electron chi connectivity index (χ1n) is 10.2. The molecule has 30 heavy (non-hydrogen) atoms. The third kappa shape index (κ3) is 5.75. The molecular weight excluding hydrogens is 420 g/mol. The molecule has 0 aliphatic carbocycles. The number of rotatable bonds is 8. The van der Waals surface area contributed by atoms with Gasteiger partial charge in [0.1, 0.15) is 17.3 Å². The maximum Gasteiger partial charge on any atom is 0.244 e. The highest BCUT2D eigenvalue weighted by Crippen LogP contribution is 2.31. The zero-order valence-electron chi connectivity index (χ0n) is 17.7. The molecule has 0 amide bonds. The van der Waals surface area contributed by atoms with E-state index in [2.05, 4.69) is 25.8 Å². The second-order valence-electron chi connectivity index (χ2n) is 8.47. The van der Waals surface area contributed by atoms with Crippen molar-refractivity contribution in [3.63, 3.8) is 0 Å². The van der Waals surface area contributed by atoms with Crippen LogP contribution < -0.4 is 4.74 Å². The second kappa shape index (κ2) is 9.68. The van der Waals surface area contributed by atoms with Gasteiger partial charge >= 0.3 is 0 Å². The highest BCUT2D eigenvalue weighted by atomic mass is 32.2. The number of aromatic nitrogens is 1. The Morgan fingerprint density at radius 2 is 1.87 bits per heavy atom. The summed E-state index contributed by atoms with van der Waals surface area (Å²) in [5, 5.41) is 11.0. The van der Waals surface area contributed by atoms with E-state index in [1.807, 2.05) is 24.3 Å². The van der Waals surface area contributed by atoms with Gasteiger partial charge in [-0.2, -0.15) is 4.31 Å². The molecule has 2 heterocycles. The van der Waals surface area contributed by atoms with Gasteiger partial charge in [-0.3, -0.25) is 0 Å². The molecule has 0 saturated carbocycles. The molecule has 0 radical (unpaired) electrons. The van der Waals surface area contributed by atoms with E-state index in [1.165, 1.54) is 22.3 Å². The van der Waals surface area contributed by atoms with Gasteiger partial charge in [-0.15, -0.1) is 11.8 Å². The lowest BCUT2D eigenvalue weighted by atomic mass is 9.86. The molecule has 0 bridgehead atoms. The Kier molecular flexibility index (Phi) is 7.44. The third-order valence-electron chi connectivity index (χ3n) is 4.96. The van der Waals surface area contributed by atoms with Crippen LogP contribution in [0.1, 0.15) is 39.2 Å². The van der Waals surface area contributed by atoms with Gasteiger partial charge < -0.3 is 9.84 Å². The molecule has 6 nitrogen and oxygen atoms in total. The molecule has 164 valence electrons. The lowest BCUT2D eigenvalue weighted by molar-refractivity contribution is 0.125. The minimum atomic E-state index is -3.45. The average Bonchev–Trinajstić information content (AvgIpc) is 3.26. The van der Waals surface area contributed by atoms with Crippen LogP contribution in [0.15, 0.2) is 52.5 Å². The van der Waals surface area contributed by atoms with Gasteiger partial charge in [-0.1, -0.05) is 39.0 Å². The Morgan fingerprint density at radius 3 is 2.50 bits per heavy atom. The first-order valence-corrected chi connectivity index (χ1v) is 12.6. The van der Waals surface area contributed by atoms with Crippen LogP contribution in [0, 0.1) is 0 Å². The molecule has 2 aromatic rings. The standard InChI is InChI=1S/C22H30N2O4S2/c1-22(2,3)19-8-4-5-9-20(19)28-15-17(25)16-29-21-11-10-18(14-23-21)30(26,27)24-12-6-7-13-24/h4-5,8-11,14,17,25H,6-7,12-13,15-16H2,1-3H3. The van der Waals surface area contributed by atoms with Crippen LogP contribution >= 0.6 is 11.8 Å². The Bertz CT molecular complexity index is 934. The topological polar surface area (TPSA) is 79.7 Å². The van der Waals surface area contributed by atoms with Gasteiger partial charge in [0.25, 0.3) is 0 Å². The SMILES string of the molecule is CC(C)(C)c1ccccc1OCC(O)CSc1ccc(S(=O)(=O)N2CCCC2)cn1. The van der Waals surface area contributed by atoms with E-state index >= 15 is 0 Å². The number of aliphatic hydroxyl groups is 1. The van der Waals surface area contributed by atoms with E-state index in [0.717, 1.165) is 24.2 Å². The number of para-hydroxylation sites is 1. The molecular formula is C22H30N2O4S2. The summed E-state index contributed by atoms with van der Waals surface area (Å²) in [5.74, 6) is 1.19. The third-order valence-corrected chi connectivity index (χ3v) is 7.93. The summed E-state index contributed by atoms with van der Waals surface area (Å²) in [6, 6.07) is 11.1. The molecule has 1 atom stereocenters. The number of hydrogen-bond acceptors (Lipinski definition) is 6. The number of ether oxygens (including phenoxy) is 1. The monoisotopic (exact) mass is 450 g/mol. The van der Waals surface area contributed by atoms with Gasteiger partial charge in [-0.05, 0) is 42.0 Å². The fourth-order valence-electron chi connectivity index (χ4n) is 3.31. The van der Waals surface area contributed by atoms with E-state index in [-0.39, 0.29) is 16.9 Å². The van der Waals surface area contributed by atoms with Crippen molar-refractivity contribution in [2.75, 3.05) is 25.4 Å². The van der Waals surface area contributed by atoms with Gasteiger partial charge in [0.05, 0.1) is 11.1 Å². The van der Waals surface area contributed by atoms with Gasteiger partial charge in [0, 0.05) is 25.0 Å². The molecule has 1 fully saturated rings. The number of hydrogen-bond donors (Lipinski definition) is 1. The molecule has 1 aromatic heterocycles. The van der Waals surface area contributed by atoms with Gasteiger partial charge in [0.2, 0.25) is 10.0 Å². The molecule has 1 N–H and O–H groups in total. The Hall–Kier alpha value is -1.61. The molecule has 1 aromatic carbocycles. The highest BCUT2D eigenvalue weighted by Gasteiger charge is 2.27. The van der Waals surface area contributed by atoms with Crippen LogP contribution in [0.3, 0.4) is 0 Å². The van der Waals surface area contributed by atoms with Crippen molar-refractivity contribution in [2.45, 2.75) is 55.1 Å². The number of benzene rings is 1. The van der Waals surface area contributed by atoms with Crippen molar-refractivity contribution in [3.8, 4) is 5.75 Å².